The van der Waals surface area contributed by atoms with E-state index in [-0.39, 0.29) is 18.5 Å². The van der Waals surface area contributed by atoms with Crippen LogP contribution in [0.15, 0.2) is 200 Å². The Morgan fingerprint density at radius 1 is 0.286 bits per heavy atom. The topological polar surface area (TPSA) is 46.0 Å². The van der Waals surface area contributed by atoms with E-state index in [0.717, 1.165) is 5.69 Å². The van der Waals surface area contributed by atoms with E-state index in [1.54, 1.807) is 0 Å². The van der Waals surface area contributed by atoms with Gasteiger partial charge in [-0.15, -0.1) is 0 Å². The summed E-state index contributed by atoms with van der Waals surface area (Å²) in [7, 11) is 0. The fraction of sp³-hybridized carbons (Fsp3) is 0.0588. The molecule has 2 unspecified atom stereocenters. The van der Waals surface area contributed by atoms with Crippen molar-refractivity contribution in [2.24, 2.45) is 0 Å². The van der Waals surface area contributed by atoms with Crippen molar-refractivity contribution in [3.63, 3.8) is 0 Å². The summed E-state index contributed by atoms with van der Waals surface area (Å²) in [5.74, 6) is 0. The van der Waals surface area contributed by atoms with E-state index in [9.17, 15) is 0 Å². The van der Waals surface area contributed by atoms with Crippen LogP contribution in [0.4, 0.5) is 0 Å². The molecular weight excluding hydrogens is 683 g/mol. The molecule has 3 N–H and O–H groups in total. The monoisotopic (exact) mass is 721 g/mol. The highest BCUT2D eigenvalue weighted by Crippen LogP contribution is 2.39. The van der Waals surface area contributed by atoms with Crippen molar-refractivity contribution in [2.45, 2.75) is 18.5 Å². The third-order valence-electron chi connectivity index (χ3n) is 11.4. The number of benzene rings is 8. The third kappa shape index (κ3) is 5.52. The van der Waals surface area contributed by atoms with Gasteiger partial charge in [-0.1, -0.05) is 146 Å². The van der Waals surface area contributed by atoms with E-state index in [0.29, 0.717) is 0 Å². The number of nitrogens with one attached hydrogen (secondary N) is 3. The molecule has 56 heavy (non-hydrogen) atoms. The van der Waals surface area contributed by atoms with Crippen LogP contribution >= 0.6 is 0 Å². The molecular formula is C51H39N5. The normalized spacial score (nSPS) is 17.2. The van der Waals surface area contributed by atoms with Gasteiger partial charge in [0, 0.05) is 32.9 Å². The Morgan fingerprint density at radius 3 is 1.39 bits per heavy atom. The van der Waals surface area contributed by atoms with E-state index in [1.165, 1.54) is 77.1 Å². The van der Waals surface area contributed by atoms with Crippen molar-refractivity contribution in [1.29, 1.82) is 0 Å². The molecule has 1 saturated heterocycles. The molecule has 5 heteroatoms. The summed E-state index contributed by atoms with van der Waals surface area (Å²) in [6.07, 6.45) is -0.169. The maximum Gasteiger partial charge on any atom is 0.0865 e. The van der Waals surface area contributed by atoms with Crippen molar-refractivity contribution in [2.75, 3.05) is 0 Å². The average Bonchev–Trinajstić information content (AvgIpc) is 3.79. The van der Waals surface area contributed by atoms with Crippen molar-refractivity contribution in [1.82, 2.24) is 25.1 Å². The van der Waals surface area contributed by atoms with Crippen molar-refractivity contribution >= 4 is 43.6 Å². The summed E-state index contributed by atoms with van der Waals surface area (Å²) >= 11 is 0. The molecule has 0 bridgehead atoms. The van der Waals surface area contributed by atoms with Crippen LogP contribution in [-0.2, 0) is 0 Å². The van der Waals surface area contributed by atoms with Crippen LogP contribution < -0.4 is 16.0 Å². The molecule has 5 nitrogen and oxygen atoms in total. The van der Waals surface area contributed by atoms with Crippen LogP contribution in [0, 0.1) is 0 Å². The SMILES string of the molecule is c1ccc(C2NC(c3ccccc3)NC(c3cccc(-n4c5ccccc5c5ccc(-c6ccc7c(c6)c6ccccc6n7-c6ccccc6)cc54)c3)N2)cc1. The highest BCUT2D eigenvalue weighted by atomic mass is 15.4. The Hall–Kier alpha value is -6.76. The number of para-hydroxylation sites is 3. The van der Waals surface area contributed by atoms with Gasteiger partial charge in [-0.2, -0.15) is 0 Å². The standard InChI is InChI=1S/C51H39N5/c1-4-15-34(16-5-1)49-52-50(35-17-6-2-7-18-35)54-51(53-49)38-19-14-22-40(31-38)56-45-25-12-10-23-41(45)43-29-27-37(33-48(43)56)36-28-30-47-44(32-36)42-24-11-13-26-46(42)55(47)39-20-8-3-9-21-39/h1-33,49-54H. The molecule has 0 spiro atoms. The van der Waals surface area contributed by atoms with Gasteiger partial charge in [-0.25, -0.2) is 0 Å². The molecule has 10 aromatic rings. The molecule has 3 heterocycles. The van der Waals surface area contributed by atoms with Gasteiger partial charge < -0.3 is 9.13 Å². The molecule has 11 rings (SSSR count). The number of aromatic nitrogens is 2. The third-order valence-corrected chi connectivity index (χ3v) is 11.4. The number of fused-ring (bicyclic) bond motifs is 6. The molecule has 0 saturated carbocycles. The zero-order chi connectivity index (χ0) is 37.0. The summed E-state index contributed by atoms with van der Waals surface area (Å²) in [5, 5.41) is 16.5. The van der Waals surface area contributed by atoms with E-state index < -0.39 is 0 Å². The first-order valence-corrected chi connectivity index (χ1v) is 19.4. The van der Waals surface area contributed by atoms with E-state index >= 15 is 0 Å². The summed E-state index contributed by atoms with van der Waals surface area (Å²) < 4.78 is 4.81. The number of rotatable bonds is 6. The van der Waals surface area contributed by atoms with Gasteiger partial charge in [0.15, 0.2) is 0 Å². The molecule has 8 aromatic carbocycles. The van der Waals surface area contributed by atoms with Gasteiger partial charge in [0.1, 0.15) is 0 Å². The summed E-state index contributed by atoms with van der Waals surface area (Å²) in [4.78, 5) is 0. The van der Waals surface area contributed by atoms with Crippen LogP contribution in [0.5, 0.6) is 0 Å². The van der Waals surface area contributed by atoms with E-state index in [4.69, 9.17) is 0 Å². The largest absolute Gasteiger partial charge is 0.309 e. The van der Waals surface area contributed by atoms with Crippen molar-refractivity contribution < 1.29 is 0 Å². The molecule has 2 atom stereocenters. The first-order valence-electron chi connectivity index (χ1n) is 19.4. The smallest absolute Gasteiger partial charge is 0.0865 e. The molecule has 1 aliphatic heterocycles. The fourth-order valence-corrected chi connectivity index (χ4v) is 8.79. The van der Waals surface area contributed by atoms with Gasteiger partial charge in [-0.05, 0) is 82.4 Å². The second-order valence-electron chi connectivity index (χ2n) is 14.7. The molecule has 0 aliphatic carbocycles. The lowest BCUT2D eigenvalue weighted by Crippen LogP contribution is -2.54. The maximum atomic E-state index is 3.87. The van der Waals surface area contributed by atoms with Gasteiger partial charge >= 0.3 is 0 Å². The van der Waals surface area contributed by atoms with Gasteiger partial charge in [-0.3, -0.25) is 16.0 Å². The zero-order valence-corrected chi connectivity index (χ0v) is 30.7. The Balaban J connectivity index is 1.03. The Bertz CT molecular complexity index is 2970. The van der Waals surface area contributed by atoms with Crippen LogP contribution in [0.3, 0.4) is 0 Å². The quantitative estimate of drug-likeness (QED) is 0.160. The number of hydrogen-bond acceptors (Lipinski definition) is 3. The van der Waals surface area contributed by atoms with Crippen LogP contribution in [0.2, 0.25) is 0 Å². The summed E-state index contributed by atoms with van der Waals surface area (Å²) in [6.45, 7) is 0. The minimum absolute atomic E-state index is 0.0360. The van der Waals surface area contributed by atoms with Gasteiger partial charge in [0.2, 0.25) is 0 Å². The molecule has 2 aromatic heterocycles. The lowest BCUT2D eigenvalue weighted by Gasteiger charge is -2.39. The van der Waals surface area contributed by atoms with Crippen molar-refractivity contribution in [3.05, 3.63) is 217 Å². The van der Waals surface area contributed by atoms with Crippen LogP contribution in [-0.4, -0.2) is 9.13 Å². The van der Waals surface area contributed by atoms with Gasteiger partial charge in [0.05, 0.1) is 40.6 Å². The van der Waals surface area contributed by atoms with E-state index in [1.807, 2.05) is 0 Å². The lowest BCUT2D eigenvalue weighted by molar-refractivity contribution is 0.203. The zero-order valence-electron chi connectivity index (χ0n) is 30.7. The Labute approximate surface area is 325 Å². The van der Waals surface area contributed by atoms with Crippen LogP contribution in [0.1, 0.15) is 35.2 Å². The lowest BCUT2D eigenvalue weighted by atomic mass is 10.0. The number of nitrogens with zero attached hydrogens (tertiary/aromatic N) is 2. The molecule has 1 fully saturated rings. The average molecular weight is 722 g/mol. The van der Waals surface area contributed by atoms with Crippen LogP contribution in [0.25, 0.3) is 66.1 Å². The second-order valence-corrected chi connectivity index (χ2v) is 14.7. The van der Waals surface area contributed by atoms with Gasteiger partial charge in [0.25, 0.3) is 0 Å². The predicted octanol–water partition coefficient (Wildman–Crippen LogP) is 11.7. The molecule has 0 radical (unpaired) electrons. The molecule has 0 amide bonds. The summed E-state index contributed by atoms with van der Waals surface area (Å²) in [6, 6.07) is 72.3. The minimum Gasteiger partial charge on any atom is -0.309 e. The minimum atomic E-state index is -0.0972. The first-order chi connectivity index (χ1) is 27.8. The second kappa shape index (κ2) is 13.5. The molecule has 1 aliphatic rings. The van der Waals surface area contributed by atoms with E-state index in [2.05, 4.69) is 225 Å². The fourth-order valence-electron chi connectivity index (χ4n) is 8.79. The predicted molar refractivity (Wildman–Crippen MR) is 231 cm³/mol. The number of hydrogen-bond donors (Lipinski definition) is 3. The first kappa shape index (κ1) is 32.7. The summed E-state index contributed by atoms with van der Waals surface area (Å²) in [5.41, 5.74) is 13.1. The highest BCUT2D eigenvalue weighted by Gasteiger charge is 2.30. The Morgan fingerprint density at radius 2 is 0.732 bits per heavy atom. The van der Waals surface area contributed by atoms with Crippen molar-refractivity contribution in [3.8, 4) is 22.5 Å². The molecule has 268 valence electrons. The maximum absolute atomic E-state index is 3.87. The Kier molecular flexibility index (Phi) is 7.88. The highest BCUT2D eigenvalue weighted by molar-refractivity contribution is 6.12.